The number of thiophene rings is 1. The summed E-state index contributed by atoms with van der Waals surface area (Å²) in [7, 11) is 0. The van der Waals surface area contributed by atoms with Crippen LogP contribution < -0.4 is 10.6 Å². The number of hydrogen-bond acceptors (Lipinski definition) is 5. The number of hydrogen-bond donors (Lipinski definition) is 3. The van der Waals surface area contributed by atoms with E-state index < -0.39 is 5.60 Å². The molecule has 3 N–H and O–H groups in total. The van der Waals surface area contributed by atoms with E-state index in [-0.39, 0.29) is 6.04 Å². The molecular weight excluding hydrogens is 396 g/mol. The number of morpholine rings is 1. The summed E-state index contributed by atoms with van der Waals surface area (Å²) >= 11 is 1.79. The first-order chi connectivity index (χ1) is 14.7. The van der Waals surface area contributed by atoms with Gasteiger partial charge >= 0.3 is 0 Å². The Balaban J connectivity index is 1.44. The average Bonchev–Trinajstić information content (AvgIpc) is 3.42. The van der Waals surface area contributed by atoms with Gasteiger partial charge in [-0.15, -0.1) is 11.3 Å². The van der Waals surface area contributed by atoms with E-state index in [1.807, 2.05) is 18.2 Å². The molecule has 1 aliphatic heterocycles. The Kier molecular flexibility index (Phi) is 7.04. The quantitative estimate of drug-likeness (QED) is 0.467. The molecule has 0 spiro atoms. The maximum Gasteiger partial charge on any atom is 0.191 e. The van der Waals surface area contributed by atoms with Crippen LogP contribution in [0.4, 0.5) is 0 Å². The SMILES string of the molecule is CCNC(=NCC1(O)CCc2ccccc21)NCC(c1cccs1)N1CCOCC1. The minimum absolute atomic E-state index is 0.285. The molecule has 0 bridgehead atoms. The summed E-state index contributed by atoms with van der Waals surface area (Å²) in [5.74, 6) is 0.755. The lowest BCUT2D eigenvalue weighted by molar-refractivity contribution is 0.0176. The zero-order valence-electron chi connectivity index (χ0n) is 17.6. The first kappa shape index (κ1) is 21.3. The van der Waals surface area contributed by atoms with Crippen LogP contribution in [0.2, 0.25) is 0 Å². The summed E-state index contributed by atoms with van der Waals surface area (Å²) in [5, 5.41) is 20.2. The van der Waals surface area contributed by atoms with Gasteiger partial charge < -0.3 is 20.5 Å². The third kappa shape index (κ3) is 4.86. The lowest BCUT2D eigenvalue weighted by Gasteiger charge is -2.34. The molecule has 0 saturated carbocycles. The maximum absolute atomic E-state index is 11.2. The highest BCUT2D eigenvalue weighted by atomic mass is 32.1. The molecule has 2 aliphatic rings. The number of rotatable bonds is 7. The Morgan fingerprint density at radius 3 is 2.83 bits per heavy atom. The van der Waals surface area contributed by atoms with E-state index in [1.54, 1.807) is 11.3 Å². The van der Waals surface area contributed by atoms with Crippen LogP contribution in [-0.2, 0) is 16.8 Å². The van der Waals surface area contributed by atoms with E-state index in [0.717, 1.165) is 63.8 Å². The van der Waals surface area contributed by atoms with E-state index in [2.05, 4.69) is 46.0 Å². The van der Waals surface area contributed by atoms with E-state index in [4.69, 9.17) is 9.73 Å². The Hall–Kier alpha value is -1.93. The summed E-state index contributed by atoms with van der Waals surface area (Å²) in [6.07, 6.45) is 1.63. The van der Waals surface area contributed by atoms with Crippen molar-refractivity contribution in [1.29, 1.82) is 0 Å². The van der Waals surface area contributed by atoms with Gasteiger partial charge in [-0.25, -0.2) is 4.99 Å². The van der Waals surface area contributed by atoms with Crippen LogP contribution in [0.5, 0.6) is 0 Å². The third-order valence-corrected chi connectivity index (χ3v) is 6.96. The monoisotopic (exact) mass is 428 g/mol. The molecule has 4 rings (SSSR count). The molecule has 1 aromatic heterocycles. The van der Waals surface area contributed by atoms with Crippen LogP contribution in [-0.4, -0.2) is 61.9 Å². The zero-order valence-corrected chi connectivity index (χ0v) is 18.5. The van der Waals surface area contributed by atoms with Crippen LogP contribution in [0.3, 0.4) is 0 Å². The Bertz CT molecular complexity index is 835. The molecule has 162 valence electrons. The van der Waals surface area contributed by atoms with Gasteiger partial charge in [0.1, 0.15) is 5.60 Å². The fourth-order valence-electron chi connectivity index (χ4n) is 4.36. The smallest absolute Gasteiger partial charge is 0.191 e. The lowest BCUT2D eigenvalue weighted by Crippen LogP contribution is -2.46. The molecule has 2 unspecified atom stereocenters. The van der Waals surface area contributed by atoms with Crippen LogP contribution in [0, 0.1) is 0 Å². The summed E-state index contributed by atoms with van der Waals surface area (Å²) in [4.78, 5) is 8.60. The van der Waals surface area contributed by atoms with Crippen molar-refractivity contribution in [3.8, 4) is 0 Å². The predicted molar refractivity (Wildman–Crippen MR) is 122 cm³/mol. The molecule has 6 nitrogen and oxygen atoms in total. The van der Waals surface area contributed by atoms with Crippen LogP contribution in [0.15, 0.2) is 46.8 Å². The number of aliphatic hydroxyl groups is 1. The minimum Gasteiger partial charge on any atom is -0.383 e. The number of aryl methyl sites for hydroxylation is 1. The van der Waals surface area contributed by atoms with Gasteiger partial charge in [-0.05, 0) is 42.3 Å². The summed E-state index contributed by atoms with van der Waals surface area (Å²) in [5.41, 5.74) is 1.38. The number of nitrogens with one attached hydrogen (secondary N) is 2. The number of fused-ring (bicyclic) bond motifs is 1. The second-order valence-corrected chi connectivity index (χ2v) is 8.92. The molecule has 0 amide bonds. The minimum atomic E-state index is -0.879. The molecule has 1 aromatic carbocycles. The zero-order chi connectivity index (χ0) is 20.8. The Labute approximate surface area is 183 Å². The summed E-state index contributed by atoms with van der Waals surface area (Å²) in [6.45, 7) is 7.41. The van der Waals surface area contributed by atoms with Crippen molar-refractivity contribution in [1.82, 2.24) is 15.5 Å². The van der Waals surface area contributed by atoms with Gasteiger partial charge in [0.15, 0.2) is 5.96 Å². The molecule has 1 saturated heterocycles. The van der Waals surface area contributed by atoms with Crippen molar-refractivity contribution in [3.05, 3.63) is 57.8 Å². The fraction of sp³-hybridized carbons (Fsp3) is 0.522. The van der Waals surface area contributed by atoms with Crippen LogP contribution >= 0.6 is 11.3 Å². The normalized spacial score (nSPS) is 23.2. The Morgan fingerprint density at radius 1 is 1.23 bits per heavy atom. The largest absolute Gasteiger partial charge is 0.383 e. The second kappa shape index (κ2) is 9.92. The van der Waals surface area contributed by atoms with Crippen molar-refractivity contribution in [2.45, 2.75) is 31.4 Å². The first-order valence-electron chi connectivity index (χ1n) is 10.9. The van der Waals surface area contributed by atoms with Gasteiger partial charge in [-0.3, -0.25) is 4.90 Å². The first-order valence-corrected chi connectivity index (χ1v) is 11.8. The number of guanidine groups is 1. The molecule has 0 radical (unpaired) electrons. The van der Waals surface area contributed by atoms with Gasteiger partial charge in [0.25, 0.3) is 0 Å². The van der Waals surface area contributed by atoms with Gasteiger partial charge in [0.05, 0.1) is 25.8 Å². The van der Waals surface area contributed by atoms with Gasteiger partial charge in [-0.2, -0.15) is 0 Å². The topological polar surface area (TPSA) is 69.1 Å². The van der Waals surface area contributed by atoms with Gasteiger partial charge in [0.2, 0.25) is 0 Å². The third-order valence-electron chi connectivity index (χ3n) is 5.99. The lowest BCUT2D eigenvalue weighted by atomic mass is 9.96. The number of benzene rings is 1. The average molecular weight is 429 g/mol. The molecule has 1 fully saturated rings. The van der Waals surface area contributed by atoms with Crippen molar-refractivity contribution in [2.24, 2.45) is 4.99 Å². The van der Waals surface area contributed by atoms with Crippen molar-refractivity contribution < 1.29 is 9.84 Å². The van der Waals surface area contributed by atoms with Gasteiger partial charge in [-0.1, -0.05) is 30.3 Å². The standard InChI is InChI=1S/C23H32N4O2S/c1-2-24-22(26-17-23(28)10-9-18-6-3-4-7-19(18)23)25-16-20(21-8-5-15-30-21)27-11-13-29-14-12-27/h3-8,15,20,28H,2,9-14,16-17H2,1H3,(H2,24,25,26). The highest BCUT2D eigenvalue weighted by Crippen LogP contribution is 2.36. The molecular formula is C23H32N4O2S. The molecule has 7 heteroatoms. The van der Waals surface area contributed by atoms with E-state index >= 15 is 0 Å². The van der Waals surface area contributed by atoms with Crippen LogP contribution in [0.1, 0.15) is 35.4 Å². The van der Waals surface area contributed by atoms with Crippen molar-refractivity contribution in [3.63, 3.8) is 0 Å². The van der Waals surface area contributed by atoms with E-state index in [1.165, 1.54) is 10.4 Å². The molecule has 2 aromatic rings. The number of aliphatic imine (C=N–C) groups is 1. The molecule has 2 atom stereocenters. The molecule has 2 heterocycles. The fourth-order valence-corrected chi connectivity index (χ4v) is 5.22. The number of ether oxygens (including phenoxy) is 1. The number of nitrogens with zero attached hydrogens (tertiary/aromatic N) is 2. The van der Waals surface area contributed by atoms with Crippen LogP contribution in [0.25, 0.3) is 0 Å². The van der Waals surface area contributed by atoms with E-state index in [9.17, 15) is 5.11 Å². The molecule has 1 aliphatic carbocycles. The summed E-state index contributed by atoms with van der Waals surface area (Å²) < 4.78 is 5.54. The second-order valence-electron chi connectivity index (χ2n) is 7.94. The Morgan fingerprint density at radius 2 is 2.07 bits per heavy atom. The summed E-state index contributed by atoms with van der Waals surface area (Å²) in [6, 6.07) is 12.8. The van der Waals surface area contributed by atoms with Gasteiger partial charge in [0, 0.05) is 31.1 Å². The predicted octanol–water partition coefficient (Wildman–Crippen LogP) is 2.51. The highest BCUT2D eigenvalue weighted by Gasteiger charge is 2.36. The maximum atomic E-state index is 11.2. The highest BCUT2D eigenvalue weighted by molar-refractivity contribution is 7.10. The van der Waals surface area contributed by atoms with Crippen molar-refractivity contribution in [2.75, 3.05) is 45.9 Å². The van der Waals surface area contributed by atoms with E-state index in [0.29, 0.717) is 6.54 Å². The molecule has 30 heavy (non-hydrogen) atoms. The van der Waals surface area contributed by atoms with Crippen molar-refractivity contribution >= 4 is 17.3 Å².